The molecule has 18 heavy (non-hydrogen) atoms. The van der Waals surface area contributed by atoms with Gasteiger partial charge in [-0.1, -0.05) is 12.8 Å². The van der Waals surface area contributed by atoms with Crippen molar-refractivity contribution >= 4 is 11.9 Å². The van der Waals surface area contributed by atoms with Crippen molar-refractivity contribution in [1.29, 1.82) is 5.26 Å². The molecule has 0 heterocycles. The predicted octanol–water partition coefficient (Wildman–Crippen LogP) is 1.78. The number of hydrogen-bond acceptors (Lipinski definition) is 3. The maximum absolute atomic E-state index is 12.0. The molecule has 0 aliphatic heterocycles. The van der Waals surface area contributed by atoms with Crippen LogP contribution < -0.4 is 0 Å². The van der Waals surface area contributed by atoms with Crippen molar-refractivity contribution in [3.8, 4) is 6.07 Å². The molecule has 1 aliphatic rings. The summed E-state index contributed by atoms with van der Waals surface area (Å²) in [6.45, 7) is 0.415. The zero-order valence-corrected chi connectivity index (χ0v) is 10.8. The molecule has 0 atom stereocenters. The summed E-state index contributed by atoms with van der Waals surface area (Å²) in [5.74, 6) is -0.877. The van der Waals surface area contributed by atoms with Crippen molar-refractivity contribution in [3.05, 3.63) is 0 Å². The lowest BCUT2D eigenvalue weighted by Gasteiger charge is -2.28. The van der Waals surface area contributed by atoms with E-state index in [1.54, 1.807) is 7.05 Å². The first-order valence-electron chi connectivity index (χ1n) is 6.32. The van der Waals surface area contributed by atoms with E-state index in [1.807, 2.05) is 6.07 Å². The fourth-order valence-electron chi connectivity index (χ4n) is 2.66. The molecule has 1 fully saturated rings. The third-order valence-corrected chi connectivity index (χ3v) is 3.70. The Bertz CT molecular complexity index is 354. The molecule has 5 nitrogen and oxygen atoms in total. The molecule has 0 radical (unpaired) electrons. The molecule has 0 spiro atoms. The third kappa shape index (κ3) is 4.02. The lowest BCUT2D eigenvalue weighted by Crippen LogP contribution is -2.34. The number of rotatable bonds is 6. The van der Waals surface area contributed by atoms with Crippen LogP contribution in [0.1, 0.15) is 44.9 Å². The smallest absolute Gasteiger partial charge is 0.303 e. The Hall–Kier alpha value is -1.57. The van der Waals surface area contributed by atoms with Crippen molar-refractivity contribution in [3.63, 3.8) is 0 Å². The summed E-state index contributed by atoms with van der Waals surface area (Å²) in [6, 6.07) is 2.00. The molecule has 0 aromatic heterocycles. The SMILES string of the molecule is CN(CCC#N)C(=O)CC1(CC(=O)O)CCCC1. The van der Waals surface area contributed by atoms with Crippen molar-refractivity contribution in [1.82, 2.24) is 4.90 Å². The fraction of sp³-hybridized carbons (Fsp3) is 0.769. The van der Waals surface area contributed by atoms with E-state index >= 15 is 0 Å². The molecular weight excluding hydrogens is 232 g/mol. The molecule has 5 heteroatoms. The molecule has 1 amide bonds. The Labute approximate surface area is 107 Å². The second-order valence-electron chi connectivity index (χ2n) is 5.18. The standard InChI is InChI=1S/C13H20N2O3/c1-15(8-4-7-14)11(16)9-13(10-12(17)18)5-2-3-6-13/h2-6,8-10H2,1H3,(H,17,18). The molecule has 0 unspecified atom stereocenters. The molecule has 0 aromatic rings. The quantitative estimate of drug-likeness (QED) is 0.781. The van der Waals surface area contributed by atoms with Crippen molar-refractivity contribution < 1.29 is 14.7 Å². The summed E-state index contributed by atoms with van der Waals surface area (Å²) in [6.07, 6.45) is 4.32. The van der Waals surface area contributed by atoms with Gasteiger partial charge in [-0.2, -0.15) is 5.26 Å². The lowest BCUT2D eigenvalue weighted by atomic mass is 9.79. The molecule has 100 valence electrons. The van der Waals surface area contributed by atoms with Gasteiger partial charge in [0.2, 0.25) is 5.91 Å². The van der Waals surface area contributed by atoms with E-state index in [1.165, 1.54) is 4.90 Å². The van der Waals surface area contributed by atoms with Crippen molar-refractivity contribution in [2.45, 2.75) is 44.9 Å². The van der Waals surface area contributed by atoms with Gasteiger partial charge < -0.3 is 10.0 Å². The van der Waals surface area contributed by atoms with Gasteiger partial charge in [0.1, 0.15) is 0 Å². The maximum atomic E-state index is 12.0. The van der Waals surface area contributed by atoms with Crippen LogP contribution in [-0.2, 0) is 9.59 Å². The van der Waals surface area contributed by atoms with Crippen LogP contribution in [0.2, 0.25) is 0 Å². The molecule has 0 aromatic carbocycles. The van der Waals surface area contributed by atoms with E-state index in [9.17, 15) is 9.59 Å². The highest BCUT2D eigenvalue weighted by molar-refractivity contribution is 5.78. The van der Waals surface area contributed by atoms with Gasteiger partial charge in [-0.05, 0) is 18.3 Å². The number of carbonyl (C=O) groups is 2. The molecule has 1 saturated carbocycles. The van der Waals surface area contributed by atoms with Crippen LogP contribution in [0.4, 0.5) is 0 Å². The third-order valence-electron chi connectivity index (χ3n) is 3.70. The van der Waals surface area contributed by atoms with Crippen molar-refractivity contribution in [2.75, 3.05) is 13.6 Å². The van der Waals surface area contributed by atoms with E-state index in [2.05, 4.69) is 0 Å². The van der Waals surface area contributed by atoms with Crippen molar-refractivity contribution in [2.24, 2.45) is 5.41 Å². The van der Waals surface area contributed by atoms with E-state index in [0.717, 1.165) is 25.7 Å². The highest BCUT2D eigenvalue weighted by atomic mass is 16.4. The topological polar surface area (TPSA) is 81.4 Å². The number of nitrogens with zero attached hydrogens (tertiary/aromatic N) is 2. The minimum Gasteiger partial charge on any atom is -0.481 e. The Morgan fingerprint density at radius 2 is 1.94 bits per heavy atom. The Morgan fingerprint density at radius 3 is 2.44 bits per heavy atom. The lowest BCUT2D eigenvalue weighted by molar-refractivity contribution is -0.141. The monoisotopic (exact) mass is 252 g/mol. The molecule has 1 rings (SSSR count). The predicted molar refractivity (Wildman–Crippen MR) is 65.6 cm³/mol. The summed E-state index contributed by atoms with van der Waals surface area (Å²) in [4.78, 5) is 24.5. The van der Waals surface area contributed by atoms with Crippen LogP contribution in [0.15, 0.2) is 0 Å². The maximum Gasteiger partial charge on any atom is 0.303 e. The van der Waals surface area contributed by atoms with Gasteiger partial charge in [0.05, 0.1) is 18.9 Å². The normalized spacial score (nSPS) is 17.1. The van der Waals surface area contributed by atoms with E-state index in [-0.39, 0.29) is 17.7 Å². The number of nitriles is 1. The van der Waals surface area contributed by atoms with Crippen LogP contribution in [-0.4, -0.2) is 35.5 Å². The van der Waals surface area contributed by atoms with Gasteiger partial charge in [0.15, 0.2) is 0 Å². The zero-order valence-electron chi connectivity index (χ0n) is 10.8. The first-order chi connectivity index (χ1) is 8.49. The second-order valence-corrected chi connectivity index (χ2v) is 5.18. The number of aliphatic carboxylic acids is 1. The van der Waals surface area contributed by atoms with Gasteiger partial charge in [0.25, 0.3) is 0 Å². The Kier molecular flexibility index (Phi) is 5.14. The fourth-order valence-corrected chi connectivity index (χ4v) is 2.66. The summed E-state index contributed by atoms with van der Waals surface area (Å²) in [5.41, 5.74) is -0.357. The Balaban J connectivity index is 2.58. The number of hydrogen-bond donors (Lipinski definition) is 1. The molecule has 1 aliphatic carbocycles. The minimum absolute atomic E-state index is 0.0478. The molecular formula is C13H20N2O3. The van der Waals surface area contributed by atoms with Gasteiger partial charge in [-0.3, -0.25) is 9.59 Å². The van der Waals surface area contributed by atoms with Crippen LogP contribution in [0.25, 0.3) is 0 Å². The summed E-state index contributed by atoms with van der Waals surface area (Å²) in [5, 5.41) is 17.4. The van der Waals surface area contributed by atoms with Crippen LogP contribution in [0.5, 0.6) is 0 Å². The summed E-state index contributed by atoms with van der Waals surface area (Å²) in [7, 11) is 1.67. The zero-order chi connectivity index (χ0) is 13.6. The van der Waals surface area contributed by atoms with E-state index in [4.69, 9.17) is 10.4 Å². The molecule has 1 N–H and O–H groups in total. The molecule has 0 bridgehead atoms. The Morgan fingerprint density at radius 1 is 1.33 bits per heavy atom. The van der Waals surface area contributed by atoms with Gasteiger partial charge in [-0.25, -0.2) is 0 Å². The van der Waals surface area contributed by atoms with Gasteiger partial charge in [-0.15, -0.1) is 0 Å². The number of amides is 1. The summed E-state index contributed by atoms with van der Waals surface area (Å²) < 4.78 is 0. The largest absolute Gasteiger partial charge is 0.481 e. The van der Waals surface area contributed by atoms with E-state index < -0.39 is 5.97 Å². The van der Waals surface area contributed by atoms with E-state index in [0.29, 0.717) is 19.4 Å². The van der Waals surface area contributed by atoms with Gasteiger partial charge in [0, 0.05) is 20.0 Å². The van der Waals surface area contributed by atoms with Crippen LogP contribution >= 0.6 is 0 Å². The number of carboxylic acid groups (broad SMARTS) is 1. The highest BCUT2D eigenvalue weighted by Crippen LogP contribution is 2.44. The van der Waals surface area contributed by atoms with Gasteiger partial charge >= 0.3 is 5.97 Å². The molecule has 0 saturated heterocycles. The van der Waals surface area contributed by atoms with Crippen LogP contribution in [0.3, 0.4) is 0 Å². The first kappa shape index (κ1) is 14.5. The average molecular weight is 252 g/mol. The first-order valence-corrected chi connectivity index (χ1v) is 6.32. The number of carboxylic acids is 1. The highest BCUT2D eigenvalue weighted by Gasteiger charge is 2.38. The minimum atomic E-state index is -0.829. The summed E-state index contributed by atoms with van der Waals surface area (Å²) >= 11 is 0. The second kappa shape index (κ2) is 6.39. The van der Waals surface area contributed by atoms with Crippen LogP contribution in [0, 0.1) is 16.7 Å². The number of carbonyl (C=O) groups excluding carboxylic acids is 1. The average Bonchev–Trinajstić information content (AvgIpc) is 2.72.